The summed E-state index contributed by atoms with van der Waals surface area (Å²) in [6, 6.07) is 5.17. The van der Waals surface area contributed by atoms with Crippen LogP contribution in [-0.2, 0) is 9.53 Å². The molecule has 2 aromatic rings. The molecule has 1 aromatic heterocycles. The van der Waals surface area contributed by atoms with Crippen LogP contribution in [-0.4, -0.2) is 17.6 Å². The SMILES string of the molecule is COC(=O)C(C1CC1)n1ccc2c(Cl)cc(Cl)cc21. The van der Waals surface area contributed by atoms with Crippen molar-refractivity contribution in [2.24, 2.45) is 5.92 Å². The Labute approximate surface area is 121 Å². The molecule has 0 bridgehead atoms. The second kappa shape index (κ2) is 4.73. The third-order valence-electron chi connectivity index (χ3n) is 3.56. The first-order valence-corrected chi connectivity index (χ1v) is 6.91. The number of hydrogen-bond donors (Lipinski definition) is 0. The number of benzene rings is 1. The Morgan fingerprint density at radius 3 is 2.79 bits per heavy atom. The van der Waals surface area contributed by atoms with Crippen LogP contribution in [0.25, 0.3) is 10.9 Å². The van der Waals surface area contributed by atoms with Gasteiger partial charge in [-0.1, -0.05) is 23.2 Å². The lowest BCUT2D eigenvalue weighted by atomic mass is 10.1. The van der Waals surface area contributed by atoms with Gasteiger partial charge in [-0.05, 0) is 37.0 Å². The molecule has 1 aliphatic carbocycles. The van der Waals surface area contributed by atoms with E-state index < -0.39 is 0 Å². The molecule has 1 aliphatic rings. The molecule has 1 fully saturated rings. The van der Waals surface area contributed by atoms with Crippen molar-refractivity contribution in [3.05, 3.63) is 34.4 Å². The van der Waals surface area contributed by atoms with Crippen molar-refractivity contribution in [1.29, 1.82) is 0 Å². The van der Waals surface area contributed by atoms with Gasteiger partial charge in [0.15, 0.2) is 0 Å². The normalized spacial score (nSPS) is 16.6. The van der Waals surface area contributed by atoms with Gasteiger partial charge in [-0.2, -0.15) is 0 Å². The fourth-order valence-corrected chi connectivity index (χ4v) is 3.04. The van der Waals surface area contributed by atoms with Gasteiger partial charge in [0.25, 0.3) is 0 Å². The summed E-state index contributed by atoms with van der Waals surface area (Å²) in [4.78, 5) is 12.0. The molecule has 19 heavy (non-hydrogen) atoms. The first-order valence-electron chi connectivity index (χ1n) is 6.15. The standard InChI is InChI=1S/C14H13Cl2NO2/c1-19-14(18)13(8-2-3-8)17-5-4-10-11(16)6-9(15)7-12(10)17/h4-8,13H,2-3H2,1H3. The van der Waals surface area contributed by atoms with E-state index in [1.54, 1.807) is 6.07 Å². The number of carbonyl (C=O) groups excluding carboxylic acids is 1. The molecule has 3 nitrogen and oxygen atoms in total. The molecule has 1 saturated carbocycles. The number of aromatic nitrogens is 1. The van der Waals surface area contributed by atoms with E-state index in [1.165, 1.54) is 7.11 Å². The van der Waals surface area contributed by atoms with Gasteiger partial charge in [0, 0.05) is 16.6 Å². The Morgan fingerprint density at radius 1 is 1.42 bits per heavy atom. The number of carbonyl (C=O) groups is 1. The van der Waals surface area contributed by atoms with Crippen LogP contribution in [0.1, 0.15) is 18.9 Å². The highest BCUT2D eigenvalue weighted by Crippen LogP contribution is 2.42. The Kier molecular flexibility index (Phi) is 3.19. The molecular formula is C14H13Cl2NO2. The molecule has 1 atom stereocenters. The van der Waals surface area contributed by atoms with E-state index in [0.717, 1.165) is 23.7 Å². The molecule has 5 heteroatoms. The summed E-state index contributed by atoms with van der Waals surface area (Å²) in [5, 5.41) is 2.07. The summed E-state index contributed by atoms with van der Waals surface area (Å²) in [5.41, 5.74) is 0.875. The number of methoxy groups -OCH3 is 1. The first kappa shape index (κ1) is 12.8. The lowest BCUT2D eigenvalue weighted by molar-refractivity contribution is -0.145. The molecular weight excluding hydrogens is 285 g/mol. The van der Waals surface area contributed by atoms with Gasteiger partial charge in [-0.3, -0.25) is 0 Å². The van der Waals surface area contributed by atoms with Gasteiger partial charge < -0.3 is 9.30 Å². The second-order valence-electron chi connectivity index (χ2n) is 4.85. The number of halogens is 2. The van der Waals surface area contributed by atoms with E-state index in [1.807, 2.05) is 22.9 Å². The van der Waals surface area contributed by atoms with Crippen molar-refractivity contribution >= 4 is 40.1 Å². The Bertz CT molecular complexity index is 646. The zero-order valence-electron chi connectivity index (χ0n) is 10.4. The lowest BCUT2D eigenvalue weighted by Gasteiger charge is -2.17. The highest BCUT2D eigenvalue weighted by atomic mass is 35.5. The molecule has 0 N–H and O–H groups in total. The zero-order valence-corrected chi connectivity index (χ0v) is 11.9. The van der Waals surface area contributed by atoms with E-state index >= 15 is 0 Å². The number of esters is 1. The summed E-state index contributed by atoms with van der Waals surface area (Å²) < 4.78 is 6.85. The molecule has 0 spiro atoms. The minimum Gasteiger partial charge on any atom is -0.467 e. The van der Waals surface area contributed by atoms with Crippen LogP contribution in [0.2, 0.25) is 10.0 Å². The van der Waals surface area contributed by atoms with Crippen LogP contribution in [0.5, 0.6) is 0 Å². The molecule has 0 aliphatic heterocycles. The molecule has 1 aromatic carbocycles. The van der Waals surface area contributed by atoms with E-state index in [4.69, 9.17) is 27.9 Å². The van der Waals surface area contributed by atoms with Gasteiger partial charge in [0.1, 0.15) is 6.04 Å². The zero-order chi connectivity index (χ0) is 13.6. The third kappa shape index (κ3) is 2.21. The van der Waals surface area contributed by atoms with Crippen molar-refractivity contribution in [1.82, 2.24) is 4.57 Å². The fourth-order valence-electron chi connectivity index (χ4n) is 2.49. The van der Waals surface area contributed by atoms with E-state index in [-0.39, 0.29) is 12.0 Å². The van der Waals surface area contributed by atoms with E-state index in [0.29, 0.717) is 16.0 Å². The van der Waals surface area contributed by atoms with Crippen LogP contribution >= 0.6 is 23.2 Å². The van der Waals surface area contributed by atoms with Crippen molar-refractivity contribution in [2.45, 2.75) is 18.9 Å². The quantitative estimate of drug-likeness (QED) is 0.800. The van der Waals surface area contributed by atoms with Crippen molar-refractivity contribution in [3.8, 4) is 0 Å². The van der Waals surface area contributed by atoms with E-state index in [2.05, 4.69) is 0 Å². The fraction of sp³-hybridized carbons (Fsp3) is 0.357. The average molecular weight is 298 g/mol. The predicted octanol–water partition coefficient (Wildman–Crippen LogP) is 4.07. The monoisotopic (exact) mass is 297 g/mol. The minimum absolute atomic E-state index is 0.212. The number of nitrogens with zero attached hydrogens (tertiary/aromatic N) is 1. The van der Waals surface area contributed by atoms with Crippen molar-refractivity contribution in [2.75, 3.05) is 7.11 Å². The van der Waals surface area contributed by atoms with Crippen LogP contribution in [0.15, 0.2) is 24.4 Å². The largest absolute Gasteiger partial charge is 0.467 e. The number of rotatable bonds is 3. The molecule has 0 radical (unpaired) electrons. The highest BCUT2D eigenvalue weighted by molar-refractivity contribution is 6.38. The van der Waals surface area contributed by atoms with Gasteiger partial charge >= 0.3 is 5.97 Å². The topological polar surface area (TPSA) is 31.2 Å². The van der Waals surface area contributed by atoms with Gasteiger partial charge in [0.2, 0.25) is 0 Å². The minimum atomic E-state index is -0.281. The molecule has 1 heterocycles. The first-order chi connectivity index (χ1) is 9.11. The molecule has 3 rings (SSSR count). The van der Waals surface area contributed by atoms with Gasteiger partial charge in [0.05, 0.1) is 17.6 Å². The average Bonchev–Trinajstić information content (AvgIpc) is 3.11. The number of hydrogen-bond acceptors (Lipinski definition) is 2. The summed E-state index contributed by atoms with van der Waals surface area (Å²) in [6.07, 6.45) is 3.98. The van der Waals surface area contributed by atoms with Crippen molar-refractivity contribution in [3.63, 3.8) is 0 Å². The summed E-state index contributed by atoms with van der Waals surface area (Å²) >= 11 is 12.2. The molecule has 0 saturated heterocycles. The third-order valence-corrected chi connectivity index (χ3v) is 4.09. The Balaban J connectivity index is 2.15. The summed E-state index contributed by atoms with van der Waals surface area (Å²) in [6.45, 7) is 0. The maximum atomic E-state index is 12.0. The Hall–Kier alpha value is -1.19. The van der Waals surface area contributed by atoms with Crippen molar-refractivity contribution < 1.29 is 9.53 Å². The van der Waals surface area contributed by atoms with Gasteiger partial charge in [-0.25, -0.2) is 4.79 Å². The van der Waals surface area contributed by atoms with Crippen LogP contribution < -0.4 is 0 Å². The maximum Gasteiger partial charge on any atom is 0.329 e. The van der Waals surface area contributed by atoms with Gasteiger partial charge in [-0.15, -0.1) is 0 Å². The number of ether oxygens (including phenoxy) is 1. The Morgan fingerprint density at radius 2 is 2.16 bits per heavy atom. The summed E-state index contributed by atoms with van der Waals surface area (Å²) in [5.74, 6) is 0.136. The van der Waals surface area contributed by atoms with Crippen LogP contribution in [0.4, 0.5) is 0 Å². The smallest absolute Gasteiger partial charge is 0.329 e. The molecule has 100 valence electrons. The highest BCUT2D eigenvalue weighted by Gasteiger charge is 2.38. The second-order valence-corrected chi connectivity index (χ2v) is 5.69. The maximum absolute atomic E-state index is 12.0. The predicted molar refractivity (Wildman–Crippen MR) is 75.7 cm³/mol. The van der Waals surface area contributed by atoms with Crippen LogP contribution in [0.3, 0.4) is 0 Å². The molecule has 1 unspecified atom stereocenters. The molecule has 0 amide bonds. The van der Waals surface area contributed by atoms with E-state index in [9.17, 15) is 4.79 Å². The summed E-state index contributed by atoms with van der Waals surface area (Å²) in [7, 11) is 1.42. The van der Waals surface area contributed by atoms with Crippen LogP contribution in [0, 0.1) is 5.92 Å². The number of fused-ring (bicyclic) bond motifs is 1. The lowest BCUT2D eigenvalue weighted by Crippen LogP contribution is -2.22.